The minimum absolute atomic E-state index is 0.320. The number of rotatable bonds is 7. The first-order chi connectivity index (χ1) is 16.1. The van der Waals surface area contributed by atoms with E-state index in [1.807, 2.05) is 23.1 Å². The Morgan fingerprint density at radius 3 is 2.70 bits per heavy atom. The van der Waals surface area contributed by atoms with Gasteiger partial charge in [0.15, 0.2) is 0 Å². The van der Waals surface area contributed by atoms with Crippen LogP contribution in [0.25, 0.3) is 0 Å². The van der Waals surface area contributed by atoms with Gasteiger partial charge in [-0.3, -0.25) is 9.80 Å². The number of amides is 1. The van der Waals surface area contributed by atoms with Gasteiger partial charge < -0.3 is 24.1 Å². The Morgan fingerprint density at radius 2 is 1.94 bits per heavy atom. The van der Waals surface area contributed by atoms with Crippen LogP contribution in [0.15, 0.2) is 36.4 Å². The summed E-state index contributed by atoms with van der Waals surface area (Å²) in [6, 6.07) is 10.6. The number of hydrogen-bond acceptors (Lipinski definition) is 7. The molecule has 2 aromatic carbocycles. The molecular formula is C23H27BFN3O5. The molecule has 0 atom stereocenters. The van der Waals surface area contributed by atoms with Crippen LogP contribution < -0.4 is 20.0 Å². The SMILES string of the molecule is O=C1OCCN1c1ccc(N2CCN(CCCOc3ccc4c(c3)B(O)OC4)CC2)c(F)c1. The van der Waals surface area contributed by atoms with Gasteiger partial charge in [0.25, 0.3) is 0 Å². The molecule has 0 aromatic heterocycles. The van der Waals surface area contributed by atoms with E-state index in [-0.39, 0.29) is 5.82 Å². The third-order valence-electron chi connectivity index (χ3n) is 6.38. The number of benzene rings is 2. The summed E-state index contributed by atoms with van der Waals surface area (Å²) < 4.78 is 30.7. The van der Waals surface area contributed by atoms with Crippen molar-refractivity contribution in [1.29, 1.82) is 0 Å². The molecule has 1 N–H and O–H groups in total. The Hall–Kier alpha value is -2.82. The number of ether oxygens (including phenoxy) is 2. The average molecular weight is 455 g/mol. The van der Waals surface area contributed by atoms with Crippen molar-refractivity contribution in [3.63, 3.8) is 0 Å². The van der Waals surface area contributed by atoms with Crippen LogP contribution in [0.5, 0.6) is 5.75 Å². The van der Waals surface area contributed by atoms with Crippen molar-refractivity contribution >= 4 is 30.0 Å². The molecule has 0 unspecified atom stereocenters. The predicted octanol–water partition coefficient (Wildman–Crippen LogP) is 1.59. The Labute approximate surface area is 192 Å². The lowest BCUT2D eigenvalue weighted by Gasteiger charge is -2.36. The monoisotopic (exact) mass is 455 g/mol. The van der Waals surface area contributed by atoms with Gasteiger partial charge in [-0.05, 0) is 47.8 Å². The maximum absolute atomic E-state index is 14.8. The van der Waals surface area contributed by atoms with E-state index < -0.39 is 13.2 Å². The van der Waals surface area contributed by atoms with Gasteiger partial charge in [0.1, 0.15) is 18.2 Å². The highest BCUT2D eigenvalue weighted by Gasteiger charge is 2.28. The molecule has 0 aliphatic carbocycles. The summed E-state index contributed by atoms with van der Waals surface area (Å²) in [6.45, 7) is 5.89. The van der Waals surface area contributed by atoms with Crippen molar-refractivity contribution in [2.75, 3.05) is 62.3 Å². The Balaban J connectivity index is 1.06. The largest absolute Gasteiger partial charge is 0.494 e. The molecule has 8 nitrogen and oxygen atoms in total. The molecule has 3 heterocycles. The van der Waals surface area contributed by atoms with Crippen molar-refractivity contribution in [1.82, 2.24) is 4.90 Å². The van der Waals surface area contributed by atoms with Crippen LogP contribution in [0.3, 0.4) is 0 Å². The van der Waals surface area contributed by atoms with Crippen molar-refractivity contribution < 1.29 is 28.3 Å². The van der Waals surface area contributed by atoms with Gasteiger partial charge in [-0.2, -0.15) is 0 Å². The van der Waals surface area contributed by atoms with E-state index in [9.17, 15) is 14.2 Å². The van der Waals surface area contributed by atoms with Crippen molar-refractivity contribution in [3.05, 3.63) is 47.8 Å². The van der Waals surface area contributed by atoms with E-state index in [2.05, 4.69) is 4.90 Å². The summed E-state index contributed by atoms with van der Waals surface area (Å²) in [6.07, 6.45) is 0.452. The predicted molar refractivity (Wildman–Crippen MR) is 123 cm³/mol. The Morgan fingerprint density at radius 1 is 1.09 bits per heavy atom. The number of fused-ring (bicyclic) bond motifs is 1. The maximum Gasteiger partial charge on any atom is 0.491 e. The molecule has 0 spiro atoms. The fraction of sp³-hybridized carbons (Fsp3) is 0.435. The Bertz CT molecular complexity index is 1020. The highest BCUT2D eigenvalue weighted by molar-refractivity contribution is 6.61. The molecule has 0 saturated carbocycles. The maximum atomic E-state index is 14.8. The van der Waals surface area contributed by atoms with E-state index in [1.165, 1.54) is 11.0 Å². The number of carbonyl (C=O) groups is 1. The van der Waals surface area contributed by atoms with Gasteiger partial charge in [-0.15, -0.1) is 0 Å². The molecule has 3 aliphatic rings. The van der Waals surface area contributed by atoms with Crippen LogP contribution in [0, 0.1) is 5.82 Å². The van der Waals surface area contributed by atoms with Gasteiger partial charge in [-0.25, -0.2) is 9.18 Å². The highest BCUT2D eigenvalue weighted by atomic mass is 19.1. The highest BCUT2D eigenvalue weighted by Crippen LogP contribution is 2.27. The third-order valence-corrected chi connectivity index (χ3v) is 6.38. The first-order valence-electron chi connectivity index (χ1n) is 11.3. The lowest BCUT2D eigenvalue weighted by Crippen LogP contribution is -2.47. The lowest BCUT2D eigenvalue weighted by atomic mass is 9.79. The van der Waals surface area contributed by atoms with Gasteiger partial charge in [-0.1, -0.05) is 6.07 Å². The fourth-order valence-electron chi connectivity index (χ4n) is 4.52. The van der Waals surface area contributed by atoms with Crippen molar-refractivity contribution in [3.8, 4) is 5.75 Å². The van der Waals surface area contributed by atoms with E-state index in [0.717, 1.165) is 55.9 Å². The average Bonchev–Trinajstić information content (AvgIpc) is 3.42. The molecular weight excluding hydrogens is 428 g/mol. The molecule has 0 radical (unpaired) electrons. The summed E-state index contributed by atoms with van der Waals surface area (Å²) in [5, 5.41) is 9.81. The molecule has 5 rings (SSSR count). The van der Waals surface area contributed by atoms with Crippen LogP contribution in [-0.2, 0) is 16.0 Å². The van der Waals surface area contributed by atoms with Crippen LogP contribution in [0.1, 0.15) is 12.0 Å². The molecule has 33 heavy (non-hydrogen) atoms. The fourth-order valence-corrected chi connectivity index (χ4v) is 4.52. The summed E-state index contributed by atoms with van der Waals surface area (Å²) in [7, 11) is -0.863. The molecule has 174 valence electrons. The van der Waals surface area contributed by atoms with Crippen LogP contribution >= 0.6 is 0 Å². The summed E-state index contributed by atoms with van der Waals surface area (Å²) in [5.41, 5.74) is 2.88. The standard InChI is InChI=1S/C23H27BFN3O5/c25-21-14-18(28-11-13-32-23(28)29)3-5-22(21)27-9-7-26(8-10-27)6-1-12-31-19-4-2-17-16-33-24(30)20(17)15-19/h2-5,14-15,30H,1,6-13,16H2. The second-order valence-corrected chi connectivity index (χ2v) is 8.46. The number of anilines is 2. The number of carbonyl (C=O) groups excluding carboxylic acids is 1. The zero-order valence-corrected chi connectivity index (χ0v) is 18.4. The molecule has 1 amide bonds. The molecule has 10 heteroatoms. The quantitative estimate of drug-likeness (QED) is 0.502. The summed E-state index contributed by atoms with van der Waals surface area (Å²) in [4.78, 5) is 17.5. The summed E-state index contributed by atoms with van der Waals surface area (Å²) in [5.74, 6) is 0.420. The molecule has 2 saturated heterocycles. The molecule has 2 aromatic rings. The number of cyclic esters (lactones) is 1. The minimum Gasteiger partial charge on any atom is -0.494 e. The van der Waals surface area contributed by atoms with Crippen LogP contribution in [0.4, 0.5) is 20.6 Å². The number of halogens is 1. The van der Waals surface area contributed by atoms with Gasteiger partial charge in [0.2, 0.25) is 0 Å². The van der Waals surface area contributed by atoms with E-state index in [4.69, 9.17) is 14.1 Å². The van der Waals surface area contributed by atoms with Crippen LogP contribution in [0.2, 0.25) is 0 Å². The van der Waals surface area contributed by atoms with E-state index >= 15 is 0 Å². The van der Waals surface area contributed by atoms with E-state index in [1.54, 1.807) is 12.1 Å². The third kappa shape index (κ3) is 4.78. The number of piperazine rings is 1. The second kappa shape index (κ2) is 9.58. The minimum atomic E-state index is -0.863. The zero-order valence-electron chi connectivity index (χ0n) is 18.4. The molecule has 0 bridgehead atoms. The van der Waals surface area contributed by atoms with Crippen LogP contribution in [-0.4, -0.2) is 75.6 Å². The lowest BCUT2D eigenvalue weighted by molar-refractivity contribution is 0.181. The first-order valence-corrected chi connectivity index (χ1v) is 11.3. The van der Waals surface area contributed by atoms with Crippen molar-refractivity contribution in [2.45, 2.75) is 13.0 Å². The second-order valence-electron chi connectivity index (χ2n) is 8.46. The smallest absolute Gasteiger partial charge is 0.491 e. The van der Waals surface area contributed by atoms with Crippen molar-refractivity contribution in [2.24, 2.45) is 0 Å². The van der Waals surface area contributed by atoms with Gasteiger partial charge in [0, 0.05) is 32.7 Å². The van der Waals surface area contributed by atoms with Gasteiger partial charge in [0.05, 0.1) is 31.1 Å². The van der Waals surface area contributed by atoms with E-state index in [0.29, 0.717) is 37.7 Å². The first kappa shape index (κ1) is 22.0. The summed E-state index contributed by atoms with van der Waals surface area (Å²) >= 11 is 0. The Kier molecular flexibility index (Phi) is 6.39. The molecule has 2 fully saturated rings. The normalized spacial score (nSPS) is 18.6. The molecule has 3 aliphatic heterocycles. The topological polar surface area (TPSA) is 74.7 Å². The number of hydrogen-bond donors (Lipinski definition) is 1. The number of nitrogens with zero attached hydrogens (tertiary/aromatic N) is 3. The van der Waals surface area contributed by atoms with Gasteiger partial charge >= 0.3 is 13.2 Å². The zero-order chi connectivity index (χ0) is 22.8.